The highest BCUT2D eigenvalue weighted by molar-refractivity contribution is 7.92. The molecule has 2 N–H and O–H groups in total. The fraction of sp³-hybridized carbons (Fsp3) is 0.364. The second-order valence-corrected chi connectivity index (χ2v) is 9.79. The van der Waals surface area contributed by atoms with Crippen LogP contribution in [0.2, 0.25) is 5.02 Å². The zero-order valence-corrected chi connectivity index (χ0v) is 19.2. The summed E-state index contributed by atoms with van der Waals surface area (Å²) in [6.07, 6.45) is 2.20. The van der Waals surface area contributed by atoms with Crippen LogP contribution in [0.5, 0.6) is 5.75 Å². The van der Waals surface area contributed by atoms with Gasteiger partial charge in [0, 0.05) is 10.6 Å². The molecule has 168 valence electrons. The molecule has 2 rings (SSSR count). The third kappa shape index (κ3) is 8.59. The van der Waals surface area contributed by atoms with E-state index in [0.717, 1.165) is 24.0 Å². The molecule has 31 heavy (non-hydrogen) atoms. The lowest BCUT2D eigenvalue weighted by Crippen LogP contribution is -2.44. The van der Waals surface area contributed by atoms with Gasteiger partial charge in [-0.3, -0.25) is 20.4 Å². The summed E-state index contributed by atoms with van der Waals surface area (Å²) < 4.78 is 29.5. The molecule has 9 heteroatoms. The first-order valence-electron chi connectivity index (χ1n) is 9.97. The van der Waals surface area contributed by atoms with Crippen molar-refractivity contribution in [1.82, 2.24) is 10.9 Å². The predicted molar refractivity (Wildman–Crippen MR) is 121 cm³/mol. The van der Waals surface area contributed by atoms with Gasteiger partial charge in [0.1, 0.15) is 18.1 Å². The molecule has 0 heterocycles. The number of hydrogen-bond acceptors (Lipinski definition) is 5. The van der Waals surface area contributed by atoms with Crippen molar-refractivity contribution in [3.05, 3.63) is 64.2 Å². The van der Waals surface area contributed by atoms with Crippen LogP contribution in [0.25, 0.3) is 0 Å². The van der Waals surface area contributed by atoms with E-state index in [1.807, 2.05) is 19.9 Å². The third-order valence-corrected chi connectivity index (χ3v) is 6.51. The number of nitrogens with one attached hydrogen (secondary N) is 2. The van der Waals surface area contributed by atoms with Gasteiger partial charge >= 0.3 is 0 Å². The van der Waals surface area contributed by atoms with Gasteiger partial charge < -0.3 is 4.74 Å². The molecule has 2 amide bonds. The minimum atomic E-state index is -3.49. The molecule has 7 nitrogen and oxygen atoms in total. The molecule has 0 aliphatic carbocycles. The van der Waals surface area contributed by atoms with E-state index in [0.29, 0.717) is 29.4 Å². The summed E-state index contributed by atoms with van der Waals surface area (Å²) in [6.45, 7) is 4.17. The van der Waals surface area contributed by atoms with Crippen LogP contribution in [-0.4, -0.2) is 31.7 Å². The first-order chi connectivity index (χ1) is 14.7. The first-order valence-corrected chi connectivity index (χ1v) is 12.2. The minimum absolute atomic E-state index is 0.0403. The Morgan fingerprint density at radius 2 is 1.74 bits per heavy atom. The van der Waals surface area contributed by atoms with Crippen LogP contribution >= 0.6 is 11.6 Å². The van der Waals surface area contributed by atoms with E-state index in [1.165, 1.54) is 0 Å². The van der Waals surface area contributed by atoms with Gasteiger partial charge in [0.2, 0.25) is 0 Å². The molecule has 0 fully saturated rings. The molecule has 0 bridgehead atoms. The van der Waals surface area contributed by atoms with Crippen molar-refractivity contribution in [2.45, 2.75) is 39.7 Å². The highest BCUT2D eigenvalue weighted by atomic mass is 35.5. The highest BCUT2D eigenvalue weighted by Gasteiger charge is 2.17. The van der Waals surface area contributed by atoms with Crippen LogP contribution < -0.4 is 15.6 Å². The fourth-order valence-electron chi connectivity index (χ4n) is 2.70. The molecule has 0 saturated heterocycles. The molecule has 0 aliphatic heterocycles. The SMILES string of the molecule is CCCCCS(=O)(=O)CC(=O)NNC(=O)c1ccc(COc2ccc(Cl)c(C)c2)cc1. The fourth-order valence-corrected chi connectivity index (χ4v) is 4.08. The zero-order valence-electron chi connectivity index (χ0n) is 17.6. The first kappa shape index (κ1) is 24.7. The van der Waals surface area contributed by atoms with Gasteiger partial charge in [-0.05, 0) is 54.8 Å². The Balaban J connectivity index is 1.80. The highest BCUT2D eigenvalue weighted by Crippen LogP contribution is 2.21. The number of hydrogen-bond donors (Lipinski definition) is 2. The van der Waals surface area contributed by atoms with E-state index in [2.05, 4.69) is 10.9 Å². The van der Waals surface area contributed by atoms with Crippen molar-refractivity contribution in [3.8, 4) is 5.75 Å². The number of aryl methyl sites for hydroxylation is 1. The van der Waals surface area contributed by atoms with Gasteiger partial charge in [-0.25, -0.2) is 8.42 Å². The summed E-state index contributed by atoms with van der Waals surface area (Å²) in [5, 5.41) is 0.670. The standard InChI is InChI=1S/C22H27ClN2O5S/c1-3-4-5-12-31(28,29)15-21(26)24-25-22(27)18-8-6-17(7-9-18)14-30-19-10-11-20(23)16(2)13-19/h6-11,13H,3-5,12,14-15H2,1-2H3,(H,24,26)(H,25,27). The van der Waals surface area contributed by atoms with E-state index in [1.54, 1.807) is 36.4 Å². The van der Waals surface area contributed by atoms with Crippen molar-refractivity contribution in [3.63, 3.8) is 0 Å². The number of unbranched alkanes of at least 4 members (excludes halogenated alkanes) is 2. The summed E-state index contributed by atoms with van der Waals surface area (Å²) in [4.78, 5) is 24.0. The maximum atomic E-state index is 12.2. The van der Waals surface area contributed by atoms with Crippen LogP contribution in [0.1, 0.15) is 47.7 Å². The Hall–Kier alpha value is -2.58. The number of amides is 2. The Bertz CT molecular complexity index is 1010. The Morgan fingerprint density at radius 3 is 2.39 bits per heavy atom. The van der Waals surface area contributed by atoms with Crippen LogP contribution in [0.15, 0.2) is 42.5 Å². The third-order valence-electron chi connectivity index (χ3n) is 4.48. The topological polar surface area (TPSA) is 102 Å². The molecule has 0 aromatic heterocycles. The molecule has 0 spiro atoms. The number of rotatable bonds is 10. The van der Waals surface area contributed by atoms with Gasteiger partial charge in [0.05, 0.1) is 5.75 Å². The quantitative estimate of drug-likeness (QED) is 0.411. The molecule has 0 unspecified atom stereocenters. The molecule has 0 atom stereocenters. The zero-order chi connectivity index (χ0) is 22.9. The van der Waals surface area contributed by atoms with Gasteiger partial charge in [-0.15, -0.1) is 0 Å². The molecule has 2 aromatic carbocycles. The molecular weight excluding hydrogens is 440 g/mol. The predicted octanol–water partition coefficient (Wildman–Crippen LogP) is 3.59. The Morgan fingerprint density at radius 1 is 1.03 bits per heavy atom. The molecule has 2 aromatic rings. The summed E-state index contributed by atoms with van der Waals surface area (Å²) >= 11 is 6.00. The largest absolute Gasteiger partial charge is 0.489 e. The van der Waals surface area contributed by atoms with Gasteiger partial charge in [0.15, 0.2) is 9.84 Å². The minimum Gasteiger partial charge on any atom is -0.489 e. The lowest BCUT2D eigenvalue weighted by Gasteiger charge is -2.10. The number of sulfone groups is 1. The number of carbonyl (C=O) groups excluding carboxylic acids is 2. The smallest absolute Gasteiger partial charge is 0.269 e. The molecular formula is C22H27ClN2O5S. The number of hydrazine groups is 1. The summed E-state index contributed by atoms with van der Waals surface area (Å²) in [6, 6.07) is 12.0. The maximum absolute atomic E-state index is 12.2. The van der Waals surface area contributed by atoms with Crippen molar-refractivity contribution in [2.24, 2.45) is 0 Å². The Labute approximate surface area is 188 Å². The van der Waals surface area contributed by atoms with E-state index >= 15 is 0 Å². The van der Waals surface area contributed by atoms with Crippen LogP contribution in [0.3, 0.4) is 0 Å². The summed E-state index contributed by atoms with van der Waals surface area (Å²) in [5.74, 6) is -1.32. The van der Waals surface area contributed by atoms with Crippen LogP contribution in [0.4, 0.5) is 0 Å². The molecule has 0 aliphatic rings. The maximum Gasteiger partial charge on any atom is 0.269 e. The van der Waals surface area contributed by atoms with Gasteiger partial charge in [-0.2, -0.15) is 0 Å². The van der Waals surface area contributed by atoms with Gasteiger partial charge in [-0.1, -0.05) is 43.5 Å². The van der Waals surface area contributed by atoms with Crippen LogP contribution in [-0.2, 0) is 21.2 Å². The average Bonchev–Trinajstić information content (AvgIpc) is 2.73. The average molecular weight is 467 g/mol. The second-order valence-electron chi connectivity index (χ2n) is 7.20. The summed E-state index contributed by atoms with van der Waals surface area (Å²) in [5.41, 5.74) is 6.46. The molecule has 0 radical (unpaired) electrons. The van der Waals surface area contributed by atoms with E-state index in [4.69, 9.17) is 16.3 Å². The lowest BCUT2D eigenvalue weighted by molar-refractivity contribution is -0.119. The summed E-state index contributed by atoms with van der Waals surface area (Å²) in [7, 11) is -3.49. The monoisotopic (exact) mass is 466 g/mol. The number of ether oxygens (including phenoxy) is 1. The van der Waals surface area contributed by atoms with Crippen molar-refractivity contribution >= 4 is 33.3 Å². The molecule has 0 saturated carbocycles. The lowest BCUT2D eigenvalue weighted by atomic mass is 10.1. The number of halogens is 1. The van der Waals surface area contributed by atoms with E-state index in [-0.39, 0.29) is 5.75 Å². The normalized spacial score (nSPS) is 11.1. The van der Waals surface area contributed by atoms with E-state index < -0.39 is 27.4 Å². The Kier molecular flexibility index (Phi) is 9.33. The van der Waals surface area contributed by atoms with Crippen molar-refractivity contribution in [2.75, 3.05) is 11.5 Å². The number of carbonyl (C=O) groups is 2. The van der Waals surface area contributed by atoms with Crippen molar-refractivity contribution in [1.29, 1.82) is 0 Å². The van der Waals surface area contributed by atoms with E-state index in [9.17, 15) is 18.0 Å². The van der Waals surface area contributed by atoms with Crippen molar-refractivity contribution < 1.29 is 22.7 Å². The van der Waals surface area contributed by atoms with Gasteiger partial charge in [0.25, 0.3) is 11.8 Å². The van der Waals surface area contributed by atoms with Crippen LogP contribution in [0, 0.1) is 6.92 Å². The second kappa shape index (κ2) is 11.7. The number of benzene rings is 2.